The van der Waals surface area contributed by atoms with Gasteiger partial charge in [-0.2, -0.15) is 0 Å². The third-order valence-corrected chi connectivity index (χ3v) is 6.26. The van der Waals surface area contributed by atoms with Gasteiger partial charge >= 0.3 is 0 Å². The van der Waals surface area contributed by atoms with Crippen LogP contribution in [-0.4, -0.2) is 19.0 Å². The fraction of sp³-hybridized carbons (Fsp3) is 0.0571. The highest BCUT2D eigenvalue weighted by molar-refractivity contribution is 6.59. The topological polar surface area (TPSA) is 35.5 Å². The van der Waals surface area contributed by atoms with E-state index in [4.69, 9.17) is 22.3 Å². The van der Waals surface area contributed by atoms with Crippen molar-refractivity contribution < 1.29 is 14.3 Å². The minimum absolute atomic E-state index is 0.0206. The van der Waals surface area contributed by atoms with Crippen molar-refractivity contribution in [3.8, 4) is 36.2 Å². The molecular formula is C35H24O3. The van der Waals surface area contributed by atoms with Gasteiger partial charge in [0.2, 0.25) is 0 Å². The van der Waals surface area contributed by atoms with Crippen LogP contribution < -0.4 is 9.47 Å². The van der Waals surface area contributed by atoms with Gasteiger partial charge in [0.25, 0.3) is 0 Å². The largest absolute Gasteiger partial charge is 0.481 e. The van der Waals surface area contributed by atoms with Gasteiger partial charge in [0, 0.05) is 22.3 Å². The van der Waals surface area contributed by atoms with Crippen molar-refractivity contribution in [3.05, 3.63) is 131 Å². The van der Waals surface area contributed by atoms with Crippen LogP contribution >= 0.6 is 0 Å². The molecule has 0 fully saturated rings. The Kier molecular flexibility index (Phi) is 7.21. The van der Waals surface area contributed by atoms with E-state index in [0.717, 1.165) is 33.4 Å². The molecule has 0 atom stereocenters. The quantitative estimate of drug-likeness (QED) is 0.253. The molecule has 0 bridgehead atoms. The van der Waals surface area contributed by atoms with Crippen LogP contribution in [0.15, 0.2) is 109 Å². The van der Waals surface area contributed by atoms with Gasteiger partial charge in [0.1, 0.15) is 24.7 Å². The van der Waals surface area contributed by atoms with Crippen LogP contribution in [0.25, 0.3) is 22.3 Å². The lowest BCUT2D eigenvalue weighted by atomic mass is 9.89. The molecule has 5 rings (SSSR count). The van der Waals surface area contributed by atoms with Crippen LogP contribution in [-0.2, 0) is 4.79 Å². The minimum atomic E-state index is -0.0206. The SMILES string of the molecule is C#CCOc1ccc(C2=C(c3ccccc3)C(=O)C(c3ccccc3)=C2c2ccc(OCC#C)cc2)cc1. The Labute approximate surface area is 223 Å². The maximum Gasteiger partial charge on any atom is 0.195 e. The molecular weight excluding hydrogens is 468 g/mol. The second-order valence-corrected chi connectivity index (χ2v) is 8.60. The molecule has 0 aromatic heterocycles. The van der Waals surface area contributed by atoms with E-state index < -0.39 is 0 Å². The summed E-state index contributed by atoms with van der Waals surface area (Å²) in [5, 5.41) is 0. The molecule has 3 nitrogen and oxygen atoms in total. The van der Waals surface area contributed by atoms with Crippen LogP contribution in [0.5, 0.6) is 11.5 Å². The van der Waals surface area contributed by atoms with Gasteiger partial charge < -0.3 is 9.47 Å². The lowest BCUT2D eigenvalue weighted by Gasteiger charge is -2.15. The summed E-state index contributed by atoms with van der Waals surface area (Å²) in [6, 6.07) is 34.9. The Bertz CT molecular complexity index is 1470. The van der Waals surface area contributed by atoms with E-state index in [1.54, 1.807) is 0 Å². The number of carbonyl (C=O) groups is 1. The number of terminal acetylenes is 2. The van der Waals surface area contributed by atoms with Crippen molar-refractivity contribution in [3.63, 3.8) is 0 Å². The molecule has 182 valence electrons. The van der Waals surface area contributed by atoms with E-state index in [0.29, 0.717) is 22.6 Å². The molecule has 0 heterocycles. The molecule has 0 saturated heterocycles. The highest BCUT2D eigenvalue weighted by Gasteiger charge is 2.35. The first-order chi connectivity index (χ1) is 18.7. The first-order valence-electron chi connectivity index (χ1n) is 12.2. The van der Waals surface area contributed by atoms with Crippen LogP contribution in [0.2, 0.25) is 0 Å². The van der Waals surface area contributed by atoms with Gasteiger partial charge in [-0.15, -0.1) is 12.8 Å². The number of Topliss-reactive ketones (excluding diaryl/α,β-unsaturated/α-hetero) is 1. The molecule has 4 aromatic carbocycles. The van der Waals surface area contributed by atoms with E-state index in [-0.39, 0.29) is 19.0 Å². The Hall–Kier alpha value is -5.25. The molecule has 38 heavy (non-hydrogen) atoms. The van der Waals surface area contributed by atoms with Crippen molar-refractivity contribution in [2.45, 2.75) is 0 Å². The summed E-state index contributed by atoms with van der Waals surface area (Å²) in [7, 11) is 0. The summed E-state index contributed by atoms with van der Waals surface area (Å²) in [6.07, 6.45) is 10.7. The Balaban J connectivity index is 1.74. The summed E-state index contributed by atoms with van der Waals surface area (Å²) in [5.41, 5.74) is 6.56. The van der Waals surface area contributed by atoms with Crippen molar-refractivity contribution in [2.75, 3.05) is 13.2 Å². The first-order valence-corrected chi connectivity index (χ1v) is 12.2. The summed E-state index contributed by atoms with van der Waals surface area (Å²) in [5.74, 6) is 6.29. The first kappa shape index (κ1) is 24.4. The number of allylic oxidation sites excluding steroid dienone is 4. The van der Waals surface area contributed by atoms with Gasteiger partial charge in [0.15, 0.2) is 5.78 Å². The number of rotatable bonds is 8. The van der Waals surface area contributed by atoms with Gasteiger partial charge in [-0.1, -0.05) is 96.8 Å². The number of ether oxygens (including phenoxy) is 2. The molecule has 0 unspecified atom stereocenters. The van der Waals surface area contributed by atoms with Crippen LogP contribution in [0.1, 0.15) is 22.3 Å². The average molecular weight is 493 g/mol. The molecule has 0 N–H and O–H groups in total. The Morgan fingerprint density at radius 3 is 1.16 bits per heavy atom. The standard InChI is InChI=1S/C35H24O3/c1-3-23-37-29-19-15-27(16-20-29)31-32(28-17-21-30(22-18-28)38-24-4-2)34(26-13-9-6-10-14-26)35(36)33(31)25-11-7-5-8-12-25/h1-2,5-22H,23-24H2. The monoisotopic (exact) mass is 492 g/mol. The maximum absolute atomic E-state index is 14.3. The molecule has 1 aliphatic rings. The smallest absolute Gasteiger partial charge is 0.195 e. The molecule has 0 saturated carbocycles. The molecule has 1 aliphatic carbocycles. The zero-order chi connectivity index (χ0) is 26.3. The predicted molar refractivity (Wildman–Crippen MR) is 153 cm³/mol. The predicted octanol–water partition coefficient (Wildman–Crippen LogP) is 6.82. The van der Waals surface area contributed by atoms with Crippen molar-refractivity contribution >= 4 is 28.1 Å². The maximum atomic E-state index is 14.3. The van der Waals surface area contributed by atoms with E-state index in [9.17, 15) is 4.79 Å². The van der Waals surface area contributed by atoms with E-state index in [1.165, 1.54) is 0 Å². The molecule has 0 amide bonds. The highest BCUT2D eigenvalue weighted by Crippen LogP contribution is 2.49. The average Bonchev–Trinajstić information content (AvgIpc) is 3.29. The Morgan fingerprint density at radius 1 is 0.474 bits per heavy atom. The minimum Gasteiger partial charge on any atom is -0.481 e. The molecule has 3 heteroatoms. The highest BCUT2D eigenvalue weighted by atomic mass is 16.5. The van der Waals surface area contributed by atoms with E-state index >= 15 is 0 Å². The number of benzene rings is 4. The van der Waals surface area contributed by atoms with Gasteiger partial charge in [-0.25, -0.2) is 0 Å². The van der Waals surface area contributed by atoms with Crippen molar-refractivity contribution in [2.24, 2.45) is 0 Å². The number of hydrogen-bond donors (Lipinski definition) is 0. The number of hydrogen-bond acceptors (Lipinski definition) is 3. The van der Waals surface area contributed by atoms with E-state index in [1.807, 2.05) is 109 Å². The lowest BCUT2D eigenvalue weighted by Crippen LogP contribution is -2.01. The molecule has 0 spiro atoms. The number of ketones is 1. The Morgan fingerprint density at radius 2 is 0.816 bits per heavy atom. The van der Waals surface area contributed by atoms with Gasteiger partial charge in [0.05, 0.1) is 0 Å². The van der Waals surface area contributed by atoms with E-state index in [2.05, 4.69) is 11.8 Å². The second kappa shape index (κ2) is 11.2. The summed E-state index contributed by atoms with van der Waals surface area (Å²) >= 11 is 0. The van der Waals surface area contributed by atoms with Crippen LogP contribution in [0.3, 0.4) is 0 Å². The van der Waals surface area contributed by atoms with Crippen LogP contribution in [0.4, 0.5) is 0 Å². The second-order valence-electron chi connectivity index (χ2n) is 8.60. The fourth-order valence-electron chi connectivity index (χ4n) is 4.63. The van der Waals surface area contributed by atoms with Crippen molar-refractivity contribution in [1.82, 2.24) is 0 Å². The summed E-state index contributed by atoms with van der Waals surface area (Å²) in [4.78, 5) is 14.3. The molecule has 0 radical (unpaired) electrons. The number of carbonyl (C=O) groups excluding carboxylic acids is 1. The van der Waals surface area contributed by atoms with Crippen molar-refractivity contribution in [1.29, 1.82) is 0 Å². The third-order valence-electron chi connectivity index (χ3n) is 6.26. The van der Waals surface area contributed by atoms with Gasteiger partial charge in [-0.05, 0) is 46.5 Å². The third kappa shape index (κ3) is 4.87. The normalized spacial score (nSPS) is 12.7. The zero-order valence-electron chi connectivity index (χ0n) is 20.7. The summed E-state index contributed by atoms with van der Waals surface area (Å²) in [6.45, 7) is 0.375. The van der Waals surface area contributed by atoms with Gasteiger partial charge in [-0.3, -0.25) is 4.79 Å². The molecule has 4 aromatic rings. The zero-order valence-corrected chi connectivity index (χ0v) is 20.7. The lowest BCUT2D eigenvalue weighted by molar-refractivity contribution is -0.108. The fourth-order valence-corrected chi connectivity index (χ4v) is 4.63. The molecule has 0 aliphatic heterocycles. The summed E-state index contributed by atoms with van der Waals surface area (Å²) < 4.78 is 11.2. The van der Waals surface area contributed by atoms with Crippen LogP contribution in [0, 0.1) is 24.7 Å².